The lowest BCUT2D eigenvalue weighted by Crippen LogP contribution is -2.47. The van der Waals surface area contributed by atoms with Gasteiger partial charge in [-0.05, 0) is 32.9 Å². The molecule has 7 nitrogen and oxygen atoms in total. The molecule has 1 rings (SSSR count). The number of amides is 2. The largest absolute Gasteiger partial charge is 0.464 e. The number of hydrogen-bond acceptors (Lipinski definition) is 5. The van der Waals surface area contributed by atoms with E-state index >= 15 is 0 Å². The van der Waals surface area contributed by atoms with E-state index in [-0.39, 0.29) is 31.0 Å². The molecule has 0 aliphatic rings. The summed E-state index contributed by atoms with van der Waals surface area (Å²) in [6.45, 7) is 6.75. The third-order valence-corrected chi connectivity index (χ3v) is 3.58. The highest BCUT2D eigenvalue weighted by molar-refractivity contribution is 5.85. The number of rotatable bonds is 10. The van der Waals surface area contributed by atoms with Crippen LogP contribution in [-0.4, -0.2) is 68.2 Å². The fourth-order valence-corrected chi connectivity index (χ4v) is 2.26. The summed E-state index contributed by atoms with van der Waals surface area (Å²) in [6, 6.07) is 3.61. The van der Waals surface area contributed by atoms with Gasteiger partial charge in [-0.2, -0.15) is 0 Å². The predicted octanol–water partition coefficient (Wildman–Crippen LogP) is 1.45. The summed E-state index contributed by atoms with van der Waals surface area (Å²) >= 11 is 0. The molecule has 0 aliphatic heterocycles. The van der Waals surface area contributed by atoms with Gasteiger partial charge in [-0.1, -0.05) is 0 Å². The summed E-state index contributed by atoms with van der Waals surface area (Å²) < 4.78 is 15.5. The zero-order valence-corrected chi connectivity index (χ0v) is 15.2. The van der Waals surface area contributed by atoms with Crippen molar-refractivity contribution < 1.29 is 23.5 Å². The summed E-state index contributed by atoms with van der Waals surface area (Å²) in [6.07, 6.45) is 0. The van der Waals surface area contributed by atoms with Crippen molar-refractivity contribution in [2.24, 2.45) is 0 Å². The van der Waals surface area contributed by atoms with Gasteiger partial charge < -0.3 is 23.7 Å². The van der Waals surface area contributed by atoms with Gasteiger partial charge in [0.05, 0.1) is 13.2 Å². The normalized spacial score (nSPS) is 10.9. The number of methoxy groups -OCH3 is 2. The molecule has 1 aromatic rings. The van der Waals surface area contributed by atoms with Crippen LogP contribution in [-0.2, 0) is 25.6 Å². The van der Waals surface area contributed by atoms with Crippen LogP contribution in [0.5, 0.6) is 0 Å². The van der Waals surface area contributed by atoms with Crippen molar-refractivity contribution in [2.45, 2.75) is 33.4 Å². The Bertz CT molecular complexity index is 527. The van der Waals surface area contributed by atoms with Crippen molar-refractivity contribution in [3.63, 3.8) is 0 Å². The van der Waals surface area contributed by atoms with Crippen LogP contribution in [0, 0.1) is 6.92 Å². The molecule has 0 radical (unpaired) electrons. The molecule has 1 heterocycles. The van der Waals surface area contributed by atoms with Gasteiger partial charge in [-0.15, -0.1) is 0 Å². The highest BCUT2D eigenvalue weighted by Gasteiger charge is 2.23. The van der Waals surface area contributed by atoms with E-state index in [1.807, 2.05) is 32.9 Å². The van der Waals surface area contributed by atoms with Gasteiger partial charge in [0.25, 0.3) is 0 Å². The van der Waals surface area contributed by atoms with Gasteiger partial charge in [-0.25, -0.2) is 0 Å². The van der Waals surface area contributed by atoms with Crippen LogP contribution in [0.3, 0.4) is 0 Å². The first-order valence-electron chi connectivity index (χ1n) is 7.99. The second-order valence-corrected chi connectivity index (χ2v) is 5.87. The quantitative estimate of drug-likeness (QED) is 0.644. The van der Waals surface area contributed by atoms with Crippen molar-refractivity contribution >= 4 is 11.8 Å². The average Bonchev–Trinajstić information content (AvgIpc) is 2.93. The molecule has 0 saturated carbocycles. The number of furan rings is 1. The maximum Gasteiger partial charge on any atom is 0.249 e. The molecule has 0 N–H and O–H groups in total. The van der Waals surface area contributed by atoms with Gasteiger partial charge in [0.1, 0.15) is 24.7 Å². The first kappa shape index (κ1) is 20.2. The van der Waals surface area contributed by atoms with Crippen LogP contribution in [0.4, 0.5) is 0 Å². The third-order valence-electron chi connectivity index (χ3n) is 3.58. The molecule has 0 saturated heterocycles. The summed E-state index contributed by atoms with van der Waals surface area (Å²) in [4.78, 5) is 27.9. The van der Waals surface area contributed by atoms with E-state index in [1.54, 1.807) is 12.0 Å². The second kappa shape index (κ2) is 10.1. The van der Waals surface area contributed by atoms with E-state index in [4.69, 9.17) is 13.9 Å². The van der Waals surface area contributed by atoms with Crippen molar-refractivity contribution in [3.8, 4) is 0 Å². The maximum atomic E-state index is 12.7. The van der Waals surface area contributed by atoms with Crippen LogP contribution < -0.4 is 0 Å². The zero-order chi connectivity index (χ0) is 18.1. The van der Waals surface area contributed by atoms with Gasteiger partial charge in [0.2, 0.25) is 11.8 Å². The number of ether oxygens (including phenoxy) is 2. The van der Waals surface area contributed by atoms with Crippen LogP contribution in [0.15, 0.2) is 16.5 Å². The molecule has 2 amide bonds. The molecular formula is C17H28N2O5. The Hall–Kier alpha value is -1.86. The minimum absolute atomic E-state index is 0.00324. The monoisotopic (exact) mass is 340 g/mol. The van der Waals surface area contributed by atoms with E-state index in [0.717, 1.165) is 5.76 Å². The number of aryl methyl sites for hydroxylation is 1. The Kier molecular flexibility index (Phi) is 8.49. The summed E-state index contributed by atoms with van der Waals surface area (Å²) in [5.74, 6) is 1.14. The highest BCUT2D eigenvalue weighted by atomic mass is 16.5. The molecule has 136 valence electrons. The molecule has 1 aromatic heterocycles. The summed E-state index contributed by atoms with van der Waals surface area (Å²) in [5.41, 5.74) is 0. The molecule has 0 aromatic carbocycles. The lowest BCUT2D eigenvalue weighted by atomic mass is 10.3. The average molecular weight is 340 g/mol. The minimum Gasteiger partial charge on any atom is -0.464 e. The van der Waals surface area contributed by atoms with Crippen molar-refractivity contribution in [1.82, 2.24) is 9.80 Å². The molecule has 0 atom stereocenters. The molecular weight excluding hydrogens is 312 g/mol. The molecule has 0 spiro atoms. The van der Waals surface area contributed by atoms with Crippen LogP contribution in [0.25, 0.3) is 0 Å². The van der Waals surface area contributed by atoms with Gasteiger partial charge >= 0.3 is 0 Å². The Labute approximate surface area is 143 Å². The van der Waals surface area contributed by atoms with Crippen molar-refractivity contribution in [2.75, 3.05) is 40.5 Å². The number of carbonyl (C=O) groups excluding carboxylic acids is 2. The summed E-state index contributed by atoms with van der Waals surface area (Å²) in [5, 5.41) is 0. The van der Waals surface area contributed by atoms with Gasteiger partial charge in [0.15, 0.2) is 0 Å². The first-order valence-corrected chi connectivity index (χ1v) is 7.99. The Morgan fingerprint density at radius 3 is 2.38 bits per heavy atom. The lowest BCUT2D eigenvalue weighted by Gasteiger charge is -2.29. The maximum absolute atomic E-state index is 12.7. The van der Waals surface area contributed by atoms with Crippen molar-refractivity contribution in [1.29, 1.82) is 0 Å². The molecule has 0 fully saturated rings. The van der Waals surface area contributed by atoms with E-state index in [9.17, 15) is 9.59 Å². The number of nitrogens with zero attached hydrogens (tertiary/aromatic N) is 2. The van der Waals surface area contributed by atoms with Gasteiger partial charge in [-0.3, -0.25) is 9.59 Å². The molecule has 7 heteroatoms. The van der Waals surface area contributed by atoms with E-state index in [2.05, 4.69) is 0 Å². The first-order chi connectivity index (χ1) is 11.4. The number of carbonyl (C=O) groups is 2. The molecule has 24 heavy (non-hydrogen) atoms. The standard InChI is InChI=1S/C17H28N2O5/c1-13(2)19(17(21)12-23-5)11-16(20)18(8-9-22-4)10-15-7-6-14(3)24-15/h6-7,13H,8-12H2,1-5H3. The van der Waals surface area contributed by atoms with E-state index in [1.165, 1.54) is 12.0 Å². The van der Waals surface area contributed by atoms with E-state index < -0.39 is 0 Å². The summed E-state index contributed by atoms with van der Waals surface area (Å²) in [7, 11) is 3.05. The van der Waals surface area contributed by atoms with Crippen LogP contribution >= 0.6 is 0 Å². The Balaban J connectivity index is 2.79. The van der Waals surface area contributed by atoms with Crippen molar-refractivity contribution in [3.05, 3.63) is 23.7 Å². The fourth-order valence-electron chi connectivity index (χ4n) is 2.26. The number of hydrogen-bond donors (Lipinski definition) is 0. The highest BCUT2D eigenvalue weighted by Crippen LogP contribution is 2.11. The molecule has 0 bridgehead atoms. The lowest BCUT2D eigenvalue weighted by molar-refractivity contribution is -0.145. The van der Waals surface area contributed by atoms with Crippen LogP contribution in [0.1, 0.15) is 25.4 Å². The fraction of sp³-hybridized carbons (Fsp3) is 0.647. The van der Waals surface area contributed by atoms with E-state index in [0.29, 0.717) is 25.5 Å². The van der Waals surface area contributed by atoms with Gasteiger partial charge in [0, 0.05) is 26.8 Å². The molecule has 0 unspecified atom stereocenters. The minimum atomic E-state index is -0.207. The second-order valence-electron chi connectivity index (χ2n) is 5.87. The predicted molar refractivity (Wildman–Crippen MR) is 89.5 cm³/mol. The Morgan fingerprint density at radius 2 is 1.88 bits per heavy atom. The topological polar surface area (TPSA) is 72.2 Å². The van der Waals surface area contributed by atoms with Crippen LogP contribution in [0.2, 0.25) is 0 Å². The smallest absolute Gasteiger partial charge is 0.249 e. The zero-order valence-electron chi connectivity index (χ0n) is 15.2. The Morgan fingerprint density at radius 1 is 1.17 bits per heavy atom. The third kappa shape index (κ3) is 6.33. The SMILES string of the molecule is COCCN(Cc1ccc(C)o1)C(=O)CN(C(=O)COC)C(C)C. The molecule has 0 aliphatic carbocycles.